The first kappa shape index (κ1) is 17.0. The standard InChI is InChI=1S/C15H28N2O3/c1-5-10(8-16)13(18)17-12-7-6-11(14(19)20)15(3,4)9(12)2/h9-12H,5-8,16H2,1-4H3,(H,17,18)(H,19,20). The van der Waals surface area contributed by atoms with Gasteiger partial charge in [0.15, 0.2) is 0 Å². The van der Waals surface area contributed by atoms with E-state index in [9.17, 15) is 14.7 Å². The highest BCUT2D eigenvalue weighted by molar-refractivity contribution is 5.79. The van der Waals surface area contributed by atoms with Gasteiger partial charge in [-0.2, -0.15) is 0 Å². The van der Waals surface area contributed by atoms with Gasteiger partial charge < -0.3 is 16.2 Å². The largest absolute Gasteiger partial charge is 0.481 e. The number of carbonyl (C=O) groups excluding carboxylic acids is 1. The highest BCUT2D eigenvalue weighted by atomic mass is 16.4. The molecule has 5 nitrogen and oxygen atoms in total. The molecule has 4 atom stereocenters. The summed E-state index contributed by atoms with van der Waals surface area (Å²) < 4.78 is 0. The molecule has 1 aliphatic rings. The summed E-state index contributed by atoms with van der Waals surface area (Å²) in [6, 6.07) is 0.0358. The lowest BCUT2D eigenvalue weighted by molar-refractivity contribution is -0.150. The molecule has 0 aromatic rings. The van der Waals surface area contributed by atoms with Crippen LogP contribution in [0, 0.1) is 23.2 Å². The van der Waals surface area contributed by atoms with Crippen molar-refractivity contribution in [1.29, 1.82) is 0 Å². The van der Waals surface area contributed by atoms with Gasteiger partial charge in [0.1, 0.15) is 0 Å². The van der Waals surface area contributed by atoms with E-state index in [4.69, 9.17) is 5.73 Å². The summed E-state index contributed by atoms with van der Waals surface area (Å²) in [6.45, 7) is 8.30. The molecule has 5 heteroatoms. The van der Waals surface area contributed by atoms with Crippen LogP contribution in [0.5, 0.6) is 0 Å². The lowest BCUT2D eigenvalue weighted by atomic mass is 9.61. The van der Waals surface area contributed by atoms with Crippen molar-refractivity contribution in [3.63, 3.8) is 0 Å². The van der Waals surface area contributed by atoms with Crippen LogP contribution in [0.15, 0.2) is 0 Å². The smallest absolute Gasteiger partial charge is 0.307 e. The van der Waals surface area contributed by atoms with E-state index < -0.39 is 5.97 Å². The summed E-state index contributed by atoms with van der Waals surface area (Å²) in [5, 5.41) is 12.4. The number of amides is 1. The fourth-order valence-corrected chi connectivity index (χ4v) is 3.20. The number of carboxylic acids is 1. The number of rotatable bonds is 5. The Morgan fingerprint density at radius 2 is 2.00 bits per heavy atom. The number of aliphatic carboxylic acids is 1. The monoisotopic (exact) mass is 284 g/mol. The van der Waals surface area contributed by atoms with Crippen molar-refractivity contribution in [2.24, 2.45) is 28.9 Å². The highest BCUT2D eigenvalue weighted by Gasteiger charge is 2.46. The molecule has 0 bridgehead atoms. The summed E-state index contributed by atoms with van der Waals surface area (Å²) >= 11 is 0. The first-order chi connectivity index (χ1) is 9.25. The molecule has 0 aromatic heterocycles. The van der Waals surface area contributed by atoms with Crippen LogP contribution < -0.4 is 11.1 Å². The molecule has 0 heterocycles. The molecule has 0 aromatic carbocycles. The Morgan fingerprint density at radius 1 is 1.40 bits per heavy atom. The number of carboxylic acid groups (broad SMARTS) is 1. The molecule has 0 radical (unpaired) electrons. The average molecular weight is 284 g/mol. The van der Waals surface area contributed by atoms with Gasteiger partial charge in [-0.3, -0.25) is 9.59 Å². The molecular formula is C15H28N2O3. The van der Waals surface area contributed by atoms with Crippen LogP contribution >= 0.6 is 0 Å². The molecule has 0 saturated heterocycles. The van der Waals surface area contributed by atoms with Crippen LogP contribution in [-0.4, -0.2) is 29.6 Å². The molecule has 4 N–H and O–H groups in total. The van der Waals surface area contributed by atoms with Gasteiger partial charge in [0, 0.05) is 18.5 Å². The van der Waals surface area contributed by atoms with Gasteiger partial charge in [0.05, 0.1) is 5.92 Å². The zero-order valence-electron chi connectivity index (χ0n) is 13.0. The first-order valence-corrected chi connectivity index (χ1v) is 7.48. The first-order valence-electron chi connectivity index (χ1n) is 7.48. The predicted molar refractivity (Wildman–Crippen MR) is 78.1 cm³/mol. The van der Waals surface area contributed by atoms with Crippen LogP contribution in [0.3, 0.4) is 0 Å². The Morgan fingerprint density at radius 3 is 2.45 bits per heavy atom. The van der Waals surface area contributed by atoms with E-state index >= 15 is 0 Å². The number of nitrogens with one attached hydrogen (secondary N) is 1. The summed E-state index contributed by atoms with van der Waals surface area (Å²) in [4.78, 5) is 23.5. The highest BCUT2D eigenvalue weighted by Crippen LogP contribution is 2.45. The molecule has 20 heavy (non-hydrogen) atoms. The topological polar surface area (TPSA) is 92.4 Å². The van der Waals surface area contributed by atoms with Crippen molar-refractivity contribution in [1.82, 2.24) is 5.32 Å². The Labute approximate surface area is 121 Å². The summed E-state index contributed by atoms with van der Waals surface area (Å²) in [6.07, 6.45) is 2.05. The van der Waals surface area contributed by atoms with Crippen LogP contribution in [0.2, 0.25) is 0 Å². The van der Waals surface area contributed by atoms with Crippen LogP contribution in [0.25, 0.3) is 0 Å². The number of carbonyl (C=O) groups is 2. The van der Waals surface area contributed by atoms with E-state index in [-0.39, 0.29) is 35.1 Å². The summed E-state index contributed by atoms with van der Waals surface area (Å²) in [5.41, 5.74) is 5.27. The normalized spacial score (nSPS) is 30.6. The summed E-state index contributed by atoms with van der Waals surface area (Å²) in [5.74, 6) is -1.11. The minimum absolute atomic E-state index is 0.00331. The number of hydrogen-bond donors (Lipinski definition) is 3. The predicted octanol–water partition coefficient (Wildman–Crippen LogP) is 1.61. The van der Waals surface area contributed by atoms with Gasteiger partial charge in [-0.1, -0.05) is 27.7 Å². The van der Waals surface area contributed by atoms with E-state index in [0.717, 1.165) is 6.42 Å². The third-order valence-electron chi connectivity index (χ3n) is 5.22. The number of nitrogens with two attached hydrogens (primary N) is 1. The minimum atomic E-state index is -0.736. The third kappa shape index (κ3) is 3.32. The Hall–Kier alpha value is -1.10. The quantitative estimate of drug-likeness (QED) is 0.715. The molecule has 116 valence electrons. The van der Waals surface area contributed by atoms with Gasteiger partial charge in [-0.15, -0.1) is 0 Å². The van der Waals surface area contributed by atoms with Gasteiger partial charge >= 0.3 is 5.97 Å². The van der Waals surface area contributed by atoms with Gasteiger partial charge in [-0.05, 0) is 30.6 Å². The SMILES string of the molecule is CCC(CN)C(=O)NC1CCC(C(=O)O)C(C)(C)C1C. The second-order valence-corrected chi connectivity index (χ2v) is 6.53. The Kier molecular flexibility index (Phi) is 5.57. The van der Waals surface area contributed by atoms with Crippen LogP contribution in [0.4, 0.5) is 0 Å². The van der Waals surface area contributed by atoms with Crippen molar-refractivity contribution in [2.75, 3.05) is 6.54 Å². The Balaban J connectivity index is 2.76. The maximum atomic E-state index is 12.1. The van der Waals surface area contributed by atoms with E-state index in [1.54, 1.807) is 0 Å². The summed E-state index contributed by atoms with van der Waals surface area (Å²) in [7, 11) is 0. The van der Waals surface area contributed by atoms with Crippen LogP contribution in [-0.2, 0) is 9.59 Å². The minimum Gasteiger partial charge on any atom is -0.481 e. The van der Waals surface area contributed by atoms with Crippen molar-refractivity contribution < 1.29 is 14.7 Å². The lowest BCUT2D eigenvalue weighted by Crippen LogP contribution is -2.53. The Bertz CT molecular complexity index is 364. The maximum absolute atomic E-state index is 12.1. The van der Waals surface area contributed by atoms with E-state index in [2.05, 4.69) is 5.32 Å². The average Bonchev–Trinajstić information content (AvgIpc) is 2.36. The van der Waals surface area contributed by atoms with Crippen molar-refractivity contribution in [3.8, 4) is 0 Å². The second-order valence-electron chi connectivity index (χ2n) is 6.53. The molecule has 1 rings (SSSR count). The zero-order valence-corrected chi connectivity index (χ0v) is 13.0. The third-order valence-corrected chi connectivity index (χ3v) is 5.22. The molecular weight excluding hydrogens is 256 g/mol. The van der Waals surface area contributed by atoms with Gasteiger partial charge in [0.2, 0.25) is 5.91 Å². The fraction of sp³-hybridized carbons (Fsp3) is 0.867. The van der Waals surface area contributed by atoms with E-state index in [1.165, 1.54) is 0 Å². The lowest BCUT2D eigenvalue weighted by Gasteiger charge is -2.46. The zero-order chi connectivity index (χ0) is 15.5. The molecule has 1 aliphatic carbocycles. The van der Waals surface area contributed by atoms with Gasteiger partial charge in [-0.25, -0.2) is 0 Å². The van der Waals surface area contributed by atoms with E-state index in [0.29, 0.717) is 19.4 Å². The number of hydrogen-bond acceptors (Lipinski definition) is 3. The molecule has 4 unspecified atom stereocenters. The van der Waals surface area contributed by atoms with Crippen molar-refractivity contribution in [2.45, 2.75) is 53.0 Å². The van der Waals surface area contributed by atoms with Crippen molar-refractivity contribution in [3.05, 3.63) is 0 Å². The fourth-order valence-electron chi connectivity index (χ4n) is 3.20. The maximum Gasteiger partial charge on any atom is 0.307 e. The molecule has 1 fully saturated rings. The molecule has 1 saturated carbocycles. The second kappa shape index (κ2) is 6.57. The van der Waals surface area contributed by atoms with Crippen LogP contribution in [0.1, 0.15) is 47.0 Å². The molecule has 0 spiro atoms. The van der Waals surface area contributed by atoms with Crippen molar-refractivity contribution >= 4 is 11.9 Å². The van der Waals surface area contributed by atoms with Gasteiger partial charge in [0.25, 0.3) is 0 Å². The molecule has 0 aliphatic heterocycles. The molecule has 1 amide bonds. The van der Waals surface area contributed by atoms with E-state index in [1.807, 2.05) is 27.7 Å².